The van der Waals surface area contributed by atoms with Gasteiger partial charge in [0.1, 0.15) is 0 Å². The van der Waals surface area contributed by atoms with Gasteiger partial charge in [0.25, 0.3) is 5.91 Å². The highest BCUT2D eigenvalue weighted by Gasteiger charge is 2.09. The molecule has 0 spiro atoms. The van der Waals surface area contributed by atoms with Gasteiger partial charge in [-0.3, -0.25) is 4.79 Å². The van der Waals surface area contributed by atoms with Gasteiger partial charge in [0, 0.05) is 22.3 Å². The highest BCUT2D eigenvalue weighted by Crippen LogP contribution is 2.31. The minimum Gasteiger partial charge on any atom is -0.493 e. The van der Waals surface area contributed by atoms with Gasteiger partial charge in [0.05, 0.1) is 14.2 Å². The molecule has 0 atom stereocenters. The largest absolute Gasteiger partial charge is 0.493 e. The lowest BCUT2D eigenvalue weighted by atomic mass is 10.1. The van der Waals surface area contributed by atoms with Gasteiger partial charge in [-0.1, -0.05) is 23.7 Å². The maximum Gasteiger partial charge on any atom is 0.331 e. The average Bonchev–Trinajstić information content (AvgIpc) is 2.66. The van der Waals surface area contributed by atoms with E-state index in [0.29, 0.717) is 27.8 Å². The minimum atomic E-state index is -0.650. The third kappa shape index (κ3) is 5.76. The Kier molecular flexibility index (Phi) is 7.25. The lowest BCUT2D eigenvalue weighted by molar-refractivity contribution is -0.142. The van der Waals surface area contributed by atoms with Gasteiger partial charge in [-0.05, 0) is 42.8 Å². The minimum absolute atomic E-state index is 0.402. The van der Waals surface area contributed by atoms with Crippen molar-refractivity contribution in [3.8, 4) is 11.5 Å². The number of carbonyl (C=O) groups is 2. The first-order valence-corrected chi connectivity index (χ1v) is 8.44. The summed E-state index contributed by atoms with van der Waals surface area (Å²) in [5.41, 5.74) is 2.07. The SMILES string of the molecule is COc1cccc(/C=C/C(=O)OCC(=O)Nc2ccc(Cl)cc2C)c1OC. The fourth-order valence-corrected chi connectivity index (χ4v) is 2.57. The maximum atomic E-state index is 11.9. The molecule has 1 amide bonds. The summed E-state index contributed by atoms with van der Waals surface area (Å²) < 4.78 is 15.4. The highest BCUT2D eigenvalue weighted by atomic mass is 35.5. The van der Waals surface area contributed by atoms with Gasteiger partial charge < -0.3 is 19.5 Å². The number of methoxy groups -OCH3 is 2. The van der Waals surface area contributed by atoms with E-state index in [0.717, 1.165) is 5.56 Å². The quantitative estimate of drug-likeness (QED) is 0.575. The molecule has 0 saturated carbocycles. The molecule has 7 heteroatoms. The van der Waals surface area contributed by atoms with Crippen molar-refractivity contribution in [1.82, 2.24) is 0 Å². The molecule has 0 aliphatic carbocycles. The number of hydrogen-bond acceptors (Lipinski definition) is 5. The Morgan fingerprint density at radius 2 is 1.93 bits per heavy atom. The zero-order valence-electron chi connectivity index (χ0n) is 15.2. The van der Waals surface area contributed by atoms with Crippen LogP contribution in [-0.2, 0) is 14.3 Å². The summed E-state index contributed by atoms with van der Waals surface area (Å²) in [7, 11) is 3.04. The average molecular weight is 390 g/mol. The molecule has 27 heavy (non-hydrogen) atoms. The Hall–Kier alpha value is -2.99. The van der Waals surface area contributed by atoms with Crippen LogP contribution in [0, 0.1) is 6.92 Å². The van der Waals surface area contributed by atoms with E-state index < -0.39 is 18.5 Å². The second-order valence-corrected chi connectivity index (χ2v) is 5.97. The number of halogens is 1. The van der Waals surface area contributed by atoms with E-state index in [1.807, 2.05) is 6.92 Å². The number of carbonyl (C=O) groups excluding carboxylic acids is 2. The Morgan fingerprint density at radius 1 is 1.15 bits per heavy atom. The van der Waals surface area contributed by atoms with Crippen LogP contribution >= 0.6 is 11.6 Å². The van der Waals surface area contributed by atoms with E-state index in [-0.39, 0.29) is 0 Å². The third-order valence-corrected chi connectivity index (χ3v) is 3.88. The van der Waals surface area contributed by atoms with Crippen molar-refractivity contribution in [2.45, 2.75) is 6.92 Å². The van der Waals surface area contributed by atoms with Gasteiger partial charge in [-0.15, -0.1) is 0 Å². The predicted molar refractivity (Wildman–Crippen MR) is 104 cm³/mol. The van der Waals surface area contributed by atoms with Gasteiger partial charge in [-0.25, -0.2) is 4.79 Å². The molecule has 6 nitrogen and oxygen atoms in total. The Labute approximate surface area is 162 Å². The van der Waals surface area contributed by atoms with Gasteiger partial charge >= 0.3 is 5.97 Å². The van der Waals surface area contributed by atoms with Crippen LogP contribution < -0.4 is 14.8 Å². The molecule has 0 unspecified atom stereocenters. The van der Waals surface area contributed by atoms with Crippen LogP contribution in [0.3, 0.4) is 0 Å². The number of esters is 1. The van der Waals surface area contributed by atoms with Crippen molar-refractivity contribution < 1.29 is 23.8 Å². The van der Waals surface area contributed by atoms with Crippen molar-refractivity contribution in [1.29, 1.82) is 0 Å². The van der Waals surface area contributed by atoms with Gasteiger partial charge in [-0.2, -0.15) is 0 Å². The second-order valence-electron chi connectivity index (χ2n) is 5.53. The van der Waals surface area contributed by atoms with E-state index in [9.17, 15) is 9.59 Å². The number of amides is 1. The van der Waals surface area contributed by atoms with Crippen LogP contribution in [0.4, 0.5) is 5.69 Å². The van der Waals surface area contributed by atoms with E-state index in [4.69, 9.17) is 25.8 Å². The molecule has 0 fully saturated rings. The summed E-state index contributed by atoms with van der Waals surface area (Å²) in [4.78, 5) is 23.8. The standard InChI is InChI=1S/C20H20ClNO5/c1-13-11-15(21)8-9-16(13)22-18(23)12-27-19(24)10-7-14-5-4-6-17(25-2)20(14)26-3/h4-11H,12H2,1-3H3,(H,22,23)/b10-7+. The summed E-state index contributed by atoms with van der Waals surface area (Å²) in [6, 6.07) is 10.4. The van der Waals surface area contributed by atoms with Crippen molar-refractivity contribution in [3.63, 3.8) is 0 Å². The Morgan fingerprint density at radius 3 is 2.59 bits per heavy atom. The molecule has 0 heterocycles. The van der Waals surface area contributed by atoms with E-state index in [2.05, 4.69) is 5.32 Å². The first kappa shape index (κ1) is 20.3. The molecular formula is C20H20ClNO5. The van der Waals surface area contributed by atoms with E-state index >= 15 is 0 Å². The predicted octanol–water partition coefficient (Wildman–Crippen LogP) is 3.86. The summed E-state index contributed by atoms with van der Waals surface area (Å²) in [6.07, 6.45) is 2.75. The normalized spacial score (nSPS) is 10.5. The molecule has 2 rings (SSSR count). The van der Waals surface area contributed by atoms with Crippen molar-refractivity contribution in [2.24, 2.45) is 0 Å². The van der Waals surface area contributed by atoms with Crippen LogP contribution in [-0.4, -0.2) is 32.7 Å². The zero-order chi connectivity index (χ0) is 19.8. The molecule has 2 aromatic carbocycles. The second kappa shape index (κ2) is 9.64. The van der Waals surface area contributed by atoms with E-state index in [1.54, 1.807) is 36.4 Å². The number of nitrogens with one attached hydrogen (secondary N) is 1. The first-order chi connectivity index (χ1) is 12.9. The van der Waals surface area contributed by atoms with Crippen LogP contribution in [0.1, 0.15) is 11.1 Å². The molecule has 0 bridgehead atoms. The fraction of sp³-hybridized carbons (Fsp3) is 0.200. The molecule has 0 aliphatic rings. The number of benzene rings is 2. The van der Waals surface area contributed by atoms with Crippen LogP contribution in [0.15, 0.2) is 42.5 Å². The third-order valence-electron chi connectivity index (χ3n) is 3.64. The van der Waals surface area contributed by atoms with Gasteiger partial charge in [0.2, 0.25) is 0 Å². The summed E-state index contributed by atoms with van der Waals surface area (Å²) in [6.45, 7) is 1.41. The number of rotatable bonds is 7. The van der Waals surface area contributed by atoms with Crippen molar-refractivity contribution in [3.05, 3.63) is 58.6 Å². The highest BCUT2D eigenvalue weighted by molar-refractivity contribution is 6.30. The number of aryl methyl sites for hydroxylation is 1. The number of anilines is 1. The molecule has 0 aliphatic heterocycles. The summed E-state index contributed by atoms with van der Waals surface area (Å²) in [5, 5.41) is 3.24. The van der Waals surface area contributed by atoms with Crippen LogP contribution in [0.25, 0.3) is 6.08 Å². The number of para-hydroxylation sites is 1. The summed E-state index contributed by atoms with van der Waals surface area (Å²) >= 11 is 5.88. The van der Waals surface area contributed by atoms with Crippen LogP contribution in [0.5, 0.6) is 11.5 Å². The van der Waals surface area contributed by atoms with Crippen LogP contribution in [0.2, 0.25) is 5.02 Å². The molecule has 0 saturated heterocycles. The maximum absolute atomic E-state index is 11.9. The van der Waals surface area contributed by atoms with Gasteiger partial charge in [0.15, 0.2) is 18.1 Å². The zero-order valence-corrected chi connectivity index (χ0v) is 16.0. The first-order valence-electron chi connectivity index (χ1n) is 8.06. The molecule has 0 radical (unpaired) electrons. The fourth-order valence-electron chi connectivity index (χ4n) is 2.34. The molecule has 2 aromatic rings. The van der Waals surface area contributed by atoms with Crippen molar-refractivity contribution >= 4 is 35.2 Å². The van der Waals surface area contributed by atoms with Crippen molar-refractivity contribution in [2.75, 3.05) is 26.1 Å². The number of ether oxygens (including phenoxy) is 3. The lowest BCUT2D eigenvalue weighted by Gasteiger charge is -2.10. The lowest BCUT2D eigenvalue weighted by Crippen LogP contribution is -2.20. The summed E-state index contributed by atoms with van der Waals surface area (Å²) in [5.74, 6) is -0.0466. The molecular weight excluding hydrogens is 370 g/mol. The number of hydrogen-bond donors (Lipinski definition) is 1. The molecule has 1 N–H and O–H groups in total. The topological polar surface area (TPSA) is 73.9 Å². The monoisotopic (exact) mass is 389 g/mol. The van der Waals surface area contributed by atoms with E-state index in [1.165, 1.54) is 26.4 Å². The molecule has 0 aromatic heterocycles. The molecule has 142 valence electrons. The Balaban J connectivity index is 1.92. The smallest absolute Gasteiger partial charge is 0.331 e. The Bertz CT molecular complexity index is 863.